The Hall–Kier alpha value is -2.65. The minimum Gasteiger partial charge on any atom is -0.372 e. The average molecular weight is 299 g/mol. The molecular weight excluding hydrogens is 281 g/mol. The highest BCUT2D eigenvalue weighted by atomic mass is 19.1. The van der Waals surface area contributed by atoms with E-state index in [-0.39, 0.29) is 5.82 Å². The van der Waals surface area contributed by atoms with Crippen molar-refractivity contribution in [3.05, 3.63) is 41.8 Å². The highest BCUT2D eigenvalue weighted by molar-refractivity contribution is 5.59. The number of benzene rings is 1. The third-order valence-corrected chi connectivity index (χ3v) is 2.85. The van der Waals surface area contributed by atoms with Crippen LogP contribution in [0.2, 0.25) is 0 Å². The molecule has 0 amide bonds. The minimum atomic E-state index is -0.287. The number of nitrogens with two attached hydrogens (primary N) is 1. The molecule has 0 aliphatic rings. The Morgan fingerprint density at radius 1 is 1.27 bits per heavy atom. The molecular formula is C16H18FN5. The maximum absolute atomic E-state index is 12.9. The Bertz CT molecular complexity index is 673. The van der Waals surface area contributed by atoms with E-state index in [2.05, 4.69) is 32.4 Å². The number of halogens is 1. The van der Waals surface area contributed by atoms with Crippen LogP contribution in [-0.2, 0) is 0 Å². The largest absolute Gasteiger partial charge is 0.372 e. The third-order valence-electron chi connectivity index (χ3n) is 2.85. The highest BCUT2D eigenvalue weighted by Crippen LogP contribution is 2.17. The van der Waals surface area contributed by atoms with Crippen LogP contribution in [0, 0.1) is 17.7 Å². The van der Waals surface area contributed by atoms with Crippen LogP contribution in [0.5, 0.6) is 0 Å². The second kappa shape index (κ2) is 7.96. The van der Waals surface area contributed by atoms with Gasteiger partial charge in [0.25, 0.3) is 0 Å². The van der Waals surface area contributed by atoms with Gasteiger partial charge in [0.2, 0.25) is 5.95 Å². The molecule has 2 aromatic rings. The van der Waals surface area contributed by atoms with Crippen molar-refractivity contribution in [2.45, 2.75) is 12.8 Å². The molecule has 1 aromatic heterocycles. The number of aromatic nitrogens is 2. The van der Waals surface area contributed by atoms with E-state index >= 15 is 0 Å². The van der Waals surface area contributed by atoms with Gasteiger partial charge in [-0.2, -0.15) is 4.98 Å². The number of nitrogens with zero attached hydrogens (tertiary/aromatic N) is 2. The van der Waals surface area contributed by atoms with Crippen LogP contribution < -0.4 is 16.4 Å². The zero-order valence-corrected chi connectivity index (χ0v) is 12.4. The zero-order valence-electron chi connectivity index (χ0n) is 12.4. The Labute approximate surface area is 129 Å². The van der Waals surface area contributed by atoms with Gasteiger partial charge in [-0.1, -0.05) is 11.8 Å². The summed E-state index contributed by atoms with van der Waals surface area (Å²) < 4.78 is 12.9. The molecule has 0 bridgehead atoms. The summed E-state index contributed by atoms with van der Waals surface area (Å²) in [6.07, 6.45) is 3.27. The molecule has 6 heteroatoms. The first-order chi connectivity index (χ1) is 10.7. The second-order valence-electron chi connectivity index (χ2n) is 4.53. The molecule has 22 heavy (non-hydrogen) atoms. The fourth-order valence-electron chi connectivity index (χ4n) is 1.73. The van der Waals surface area contributed by atoms with Crippen LogP contribution in [0.25, 0.3) is 0 Å². The van der Waals surface area contributed by atoms with Crippen molar-refractivity contribution in [2.24, 2.45) is 5.73 Å². The molecule has 0 aliphatic heterocycles. The predicted octanol–water partition coefficient (Wildman–Crippen LogP) is 2.49. The lowest BCUT2D eigenvalue weighted by Crippen LogP contribution is -2.03. The van der Waals surface area contributed by atoms with Crippen molar-refractivity contribution in [2.75, 3.05) is 24.2 Å². The molecule has 0 fully saturated rings. The van der Waals surface area contributed by atoms with Crippen molar-refractivity contribution in [1.29, 1.82) is 0 Å². The molecule has 0 atom stereocenters. The van der Waals surface area contributed by atoms with Crippen LogP contribution in [0.4, 0.5) is 21.8 Å². The molecule has 2 rings (SSSR count). The molecule has 0 aliphatic carbocycles. The molecule has 0 unspecified atom stereocenters. The summed E-state index contributed by atoms with van der Waals surface area (Å²) in [5, 5.41) is 6.01. The van der Waals surface area contributed by atoms with Crippen LogP contribution >= 0.6 is 0 Å². The summed E-state index contributed by atoms with van der Waals surface area (Å²) in [5.74, 6) is 6.84. The van der Waals surface area contributed by atoms with E-state index in [9.17, 15) is 4.39 Å². The number of anilines is 3. The fourth-order valence-corrected chi connectivity index (χ4v) is 1.73. The summed E-state index contributed by atoms with van der Waals surface area (Å²) in [6.45, 7) is 0.630. The lowest BCUT2D eigenvalue weighted by atomic mass is 10.2. The Kier molecular flexibility index (Phi) is 5.69. The smallest absolute Gasteiger partial charge is 0.229 e. The monoisotopic (exact) mass is 299 g/mol. The van der Waals surface area contributed by atoms with Crippen LogP contribution in [0.15, 0.2) is 30.5 Å². The van der Waals surface area contributed by atoms with E-state index in [1.54, 1.807) is 25.4 Å². The number of hydrogen-bond acceptors (Lipinski definition) is 5. The average Bonchev–Trinajstić information content (AvgIpc) is 2.54. The molecule has 0 saturated carbocycles. The number of nitrogens with one attached hydrogen (secondary N) is 2. The second-order valence-corrected chi connectivity index (χ2v) is 4.53. The first kappa shape index (κ1) is 15.7. The van der Waals surface area contributed by atoms with E-state index in [1.807, 2.05) is 0 Å². The van der Waals surface area contributed by atoms with Gasteiger partial charge in [0.15, 0.2) is 0 Å². The number of hydrogen-bond donors (Lipinski definition) is 3. The van der Waals surface area contributed by atoms with Gasteiger partial charge in [0, 0.05) is 19.2 Å². The first-order valence-electron chi connectivity index (χ1n) is 6.99. The molecule has 1 aromatic carbocycles. The number of unbranched alkanes of at least 4 members (excludes halogenated alkanes) is 1. The lowest BCUT2D eigenvalue weighted by Gasteiger charge is -2.07. The summed E-state index contributed by atoms with van der Waals surface area (Å²) >= 11 is 0. The summed E-state index contributed by atoms with van der Waals surface area (Å²) in [7, 11) is 1.77. The van der Waals surface area contributed by atoms with Gasteiger partial charge in [-0.15, -0.1) is 0 Å². The molecule has 1 heterocycles. The van der Waals surface area contributed by atoms with E-state index in [0.29, 0.717) is 24.0 Å². The maximum Gasteiger partial charge on any atom is 0.229 e. The van der Waals surface area contributed by atoms with Crippen molar-refractivity contribution in [3.8, 4) is 11.8 Å². The van der Waals surface area contributed by atoms with Gasteiger partial charge in [0.05, 0.1) is 11.8 Å². The molecule has 4 N–H and O–H groups in total. The number of rotatable bonds is 5. The van der Waals surface area contributed by atoms with Crippen molar-refractivity contribution >= 4 is 17.5 Å². The topological polar surface area (TPSA) is 75.9 Å². The van der Waals surface area contributed by atoms with Crippen molar-refractivity contribution in [3.63, 3.8) is 0 Å². The van der Waals surface area contributed by atoms with Gasteiger partial charge in [0.1, 0.15) is 11.6 Å². The summed E-state index contributed by atoms with van der Waals surface area (Å²) in [6, 6.07) is 5.99. The fraction of sp³-hybridized carbons (Fsp3) is 0.250. The SMILES string of the molecule is CNc1nc(Nc2ccc(F)cc2)ncc1C#CCCCN. The Morgan fingerprint density at radius 3 is 2.73 bits per heavy atom. The van der Waals surface area contributed by atoms with E-state index in [4.69, 9.17) is 5.73 Å². The Morgan fingerprint density at radius 2 is 2.05 bits per heavy atom. The van der Waals surface area contributed by atoms with Crippen LogP contribution in [-0.4, -0.2) is 23.6 Å². The van der Waals surface area contributed by atoms with Crippen LogP contribution in [0.3, 0.4) is 0 Å². The summed E-state index contributed by atoms with van der Waals surface area (Å²) in [5.41, 5.74) is 6.87. The van der Waals surface area contributed by atoms with E-state index in [1.165, 1.54) is 12.1 Å². The molecule has 114 valence electrons. The molecule has 0 radical (unpaired) electrons. The maximum atomic E-state index is 12.9. The van der Waals surface area contributed by atoms with Gasteiger partial charge in [-0.3, -0.25) is 0 Å². The summed E-state index contributed by atoms with van der Waals surface area (Å²) in [4.78, 5) is 8.57. The third kappa shape index (κ3) is 4.43. The standard InChI is InChI=1S/C16H18FN5/c1-19-15-12(5-3-2-4-10-18)11-20-16(22-15)21-14-8-6-13(17)7-9-14/h6-9,11H,2,4,10,18H2,1H3,(H2,19,20,21,22). The molecule has 0 spiro atoms. The quantitative estimate of drug-likeness (QED) is 0.584. The van der Waals surface area contributed by atoms with Gasteiger partial charge in [-0.05, 0) is 37.2 Å². The van der Waals surface area contributed by atoms with E-state index < -0.39 is 0 Å². The van der Waals surface area contributed by atoms with Crippen LogP contribution in [0.1, 0.15) is 18.4 Å². The first-order valence-corrected chi connectivity index (χ1v) is 6.99. The highest BCUT2D eigenvalue weighted by Gasteiger charge is 2.04. The van der Waals surface area contributed by atoms with E-state index in [0.717, 1.165) is 18.4 Å². The molecule has 0 saturated heterocycles. The van der Waals surface area contributed by atoms with Gasteiger partial charge >= 0.3 is 0 Å². The zero-order chi connectivity index (χ0) is 15.8. The van der Waals surface area contributed by atoms with Gasteiger partial charge in [-0.25, -0.2) is 9.37 Å². The van der Waals surface area contributed by atoms with Crippen molar-refractivity contribution < 1.29 is 4.39 Å². The lowest BCUT2D eigenvalue weighted by molar-refractivity contribution is 0.628. The normalized spacial score (nSPS) is 9.77. The van der Waals surface area contributed by atoms with Crippen molar-refractivity contribution in [1.82, 2.24) is 9.97 Å². The van der Waals surface area contributed by atoms with Gasteiger partial charge < -0.3 is 16.4 Å². The Balaban J connectivity index is 2.13. The minimum absolute atomic E-state index is 0.287. The molecule has 5 nitrogen and oxygen atoms in total. The predicted molar refractivity (Wildman–Crippen MR) is 86.4 cm³/mol.